The second-order valence-corrected chi connectivity index (χ2v) is 5.60. The number of hydrogen-bond acceptors (Lipinski definition) is 4. The molecule has 1 amide bonds. The summed E-state index contributed by atoms with van der Waals surface area (Å²) in [5.41, 5.74) is 1.97. The van der Waals surface area contributed by atoms with Crippen LogP contribution >= 0.6 is 0 Å². The second kappa shape index (κ2) is 8.15. The standard InChI is InChI=1S/C19H21NO4/c1-13-5-10-17(18(22)12-13)20-19(23)4-3-11-24-16-8-6-15(7-9-16)14(2)21/h5-10,12,22H,3-4,11H2,1-2H3,(H,20,23). The Hall–Kier alpha value is -2.82. The fraction of sp³-hybridized carbons (Fsp3) is 0.263. The number of anilines is 1. The van der Waals surface area contributed by atoms with Gasteiger partial charge < -0.3 is 15.2 Å². The molecule has 5 heteroatoms. The molecule has 0 spiro atoms. The summed E-state index contributed by atoms with van der Waals surface area (Å²) in [4.78, 5) is 23.0. The van der Waals surface area contributed by atoms with E-state index in [2.05, 4.69) is 5.32 Å². The largest absolute Gasteiger partial charge is 0.506 e. The number of phenols is 1. The predicted octanol–water partition coefficient (Wildman–Crippen LogP) is 3.70. The monoisotopic (exact) mass is 327 g/mol. The van der Waals surface area contributed by atoms with Crippen molar-refractivity contribution in [1.29, 1.82) is 0 Å². The van der Waals surface area contributed by atoms with Crippen molar-refractivity contribution < 1.29 is 19.4 Å². The van der Waals surface area contributed by atoms with E-state index in [0.717, 1.165) is 5.56 Å². The van der Waals surface area contributed by atoms with E-state index in [9.17, 15) is 14.7 Å². The number of nitrogens with one attached hydrogen (secondary N) is 1. The molecule has 0 aliphatic heterocycles. The van der Waals surface area contributed by atoms with E-state index in [0.29, 0.717) is 36.4 Å². The Morgan fingerprint density at radius 3 is 2.46 bits per heavy atom. The van der Waals surface area contributed by atoms with Crippen molar-refractivity contribution in [3.63, 3.8) is 0 Å². The van der Waals surface area contributed by atoms with Crippen LogP contribution in [0.2, 0.25) is 0 Å². The van der Waals surface area contributed by atoms with Crippen LogP contribution in [0.25, 0.3) is 0 Å². The molecule has 2 N–H and O–H groups in total. The smallest absolute Gasteiger partial charge is 0.224 e. The normalized spacial score (nSPS) is 10.2. The zero-order valence-electron chi connectivity index (χ0n) is 13.8. The number of ketones is 1. The maximum absolute atomic E-state index is 11.9. The highest BCUT2D eigenvalue weighted by molar-refractivity contribution is 5.94. The van der Waals surface area contributed by atoms with Gasteiger partial charge in [0.15, 0.2) is 5.78 Å². The Labute approximate surface area is 141 Å². The first kappa shape index (κ1) is 17.5. The van der Waals surface area contributed by atoms with Gasteiger partial charge in [-0.3, -0.25) is 9.59 Å². The Kier molecular flexibility index (Phi) is 5.95. The topological polar surface area (TPSA) is 75.6 Å². The van der Waals surface area contributed by atoms with E-state index < -0.39 is 0 Å². The van der Waals surface area contributed by atoms with E-state index >= 15 is 0 Å². The fourth-order valence-electron chi connectivity index (χ4n) is 2.17. The number of carbonyl (C=O) groups excluding carboxylic acids is 2. The zero-order chi connectivity index (χ0) is 17.5. The minimum absolute atomic E-state index is 0.0116. The van der Waals surface area contributed by atoms with Crippen LogP contribution in [0.1, 0.15) is 35.7 Å². The first-order chi connectivity index (χ1) is 11.5. The molecule has 0 aliphatic carbocycles. The molecule has 0 unspecified atom stereocenters. The van der Waals surface area contributed by atoms with Gasteiger partial charge in [-0.25, -0.2) is 0 Å². The molecule has 2 aromatic rings. The number of amides is 1. The lowest BCUT2D eigenvalue weighted by molar-refractivity contribution is -0.116. The van der Waals surface area contributed by atoms with E-state index in [1.165, 1.54) is 6.92 Å². The average molecular weight is 327 g/mol. The summed E-state index contributed by atoms with van der Waals surface area (Å²) < 4.78 is 5.54. The van der Waals surface area contributed by atoms with Gasteiger partial charge in [0.2, 0.25) is 5.91 Å². The van der Waals surface area contributed by atoms with Crippen LogP contribution in [0.15, 0.2) is 42.5 Å². The number of aromatic hydroxyl groups is 1. The molecular formula is C19H21NO4. The molecular weight excluding hydrogens is 306 g/mol. The summed E-state index contributed by atoms with van der Waals surface area (Å²) in [7, 11) is 0. The molecule has 0 saturated heterocycles. The lowest BCUT2D eigenvalue weighted by atomic mass is 10.1. The number of benzene rings is 2. The highest BCUT2D eigenvalue weighted by Gasteiger charge is 2.07. The third-order valence-corrected chi connectivity index (χ3v) is 3.51. The predicted molar refractivity (Wildman–Crippen MR) is 92.6 cm³/mol. The quantitative estimate of drug-likeness (QED) is 0.462. The van der Waals surface area contributed by atoms with Crippen LogP contribution < -0.4 is 10.1 Å². The number of hydrogen-bond donors (Lipinski definition) is 2. The number of Topliss-reactive ketones (excluding diaryl/α,β-unsaturated/α-hetero) is 1. The third-order valence-electron chi connectivity index (χ3n) is 3.51. The van der Waals surface area contributed by atoms with Crippen molar-refractivity contribution in [2.45, 2.75) is 26.7 Å². The Morgan fingerprint density at radius 2 is 1.83 bits per heavy atom. The van der Waals surface area contributed by atoms with E-state index in [1.807, 2.05) is 13.0 Å². The molecule has 0 fully saturated rings. The van der Waals surface area contributed by atoms with Crippen LogP contribution in [0, 0.1) is 6.92 Å². The van der Waals surface area contributed by atoms with Gasteiger partial charge in [0.05, 0.1) is 12.3 Å². The van der Waals surface area contributed by atoms with E-state index in [4.69, 9.17) is 4.74 Å². The molecule has 0 radical (unpaired) electrons. The van der Waals surface area contributed by atoms with Gasteiger partial charge in [0.25, 0.3) is 0 Å². The lowest BCUT2D eigenvalue weighted by Gasteiger charge is -2.09. The highest BCUT2D eigenvalue weighted by Crippen LogP contribution is 2.24. The van der Waals surface area contributed by atoms with Crippen molar-refractivity contribution in [2.24, 2.45) is 0 Å². The summed E-state index contributed by atoms with van der Waals surface area (Å²) in [5, 5.41) is 12.4. The van der Waals surface area contributed by atoms with Crippen LogP contribution in [-0.4, -0.2) is 23.4 Å². The number of phenolic OH excluding ortho intramolecular Hbond substituents is 1. The number of aryl methyl sites for hydroxylation is 1. The van der Waals surface area contributed by atoms with E-state index in [1.54, 1.807) is 36.4 Å². The molecule has 0 heterocycles. The summed E-state index contributed by atoms with van der Waals surface area (Å²) in [5.74, 6) is 0.559. The van der Waals surface area contributed by atoms with Gasteiger partial charge in [-0.2, -0.15) is 0 Å². The number of ether oxygens (including phenoxy) is 1. The van der Waals surface area contributed by atoms with Crippen LogP contribution in [0.5, 0.6) is 11.5 Å². The summed E-state index contributed by atoms with van der Waals surface area (Å²) in [6.45, 7) is 3.78. The van der Waals surface area contributed by atoms with Crippen LogP contribution in [0.4, 0.5) is 5.69 Å². The summed E-state index contributed by atoms with van der Waals surface area (Å²) in [6, 6.07) is 12.0. The van der Waals surface area contributed by atoms with Crippen molar-refractivity contribution >= 4 is 17.4 Å². The van der Waals surface area contributed by atoms with Gasteiger partial charge in [-0.05, 0) is 62.2 Å². The maximum Gasteiger partial charge on any atom is 0.224 e. The van der Waals surface area contributed by atoms with Crippen molar-refractivity contribution in [1.82, 2.24) is 0 Å². The molecule has 5 nitrogen and oxygen atoms in total. The maximum atomic E-state index is 11.9. The molecule has 126 valence electrons. The van der Waals surface area contributed by atoms with E-state index in [-0.39, 0.29) is 17.4 Å². The van der Waals surface area contributed by atoms with Gasteiger partial charge in [0, 0.05) is 12.0 Å². The SMILES string of the molecule is CC(=O)c1ccc(OCCCC(=O)Nc2ccc(C)cc2O)cc1. The Bertz CT molecular complexity index is 723. The first-order valence-corrected chi connectivity index (χ1v) is 7.79. The van der Waals surface area contributed by atoms with Gasteiger partial charge >= 0.3 is 0 Å². The molecule has 0 atom stereocenters. The van der Waals surface area contributed by atoms with Crippen molar-refractivity contribution in [2.75, 3.05) is 11.9 Å². The summed E-state index contributed by atoms with van der Waals surface area (Å²) in [6.07, 6.45) is 0.839. The fourth-order valence-corrected chi connectivity index (χ4v) is 2.17. The minimum atomic E-state index is -0.176. The molecule has 0 aliphatic rings. The Balaban J connectivity index is 1.73. The van der Waals surface area contributed by atoms with Crippen molar-refractivity contribution in [3.8, 4) is 11.5 Å². The lowest BCUT2D eigenvalue weighted by Crippen LogP contribution is -2.13. The zero-order valence-corrected chi connectivity index (χ0v) is 13.8. The Morgan fingerprint density at radius 1 is 1.12 bits per heavy atom. The third kappa shape index (κ3) is 5.12. The first-order valence-electron chi connectivity index (χ1n) is 7.79. The molecule has 0 aromatic heterocycles. The number of carbonyl (C=O) groups is 2. The van der Waals surface area contributed by atoms with Crippen LogP contribution in [-0.2, 0) is 4.79 Å². The molecule has 0 bridgehead atoms. The van der Waals surface area contributed by atoms with Gasteiger partial charge in [0.1, 0.15) is 11.5 Å². The van der Waals surface area contributed by atoms with Gasteiger partial charge in [-0.1, -0.05) is 6.07 Å². The molecule has 2 aromatic carbocycles. The molecule has 2 rings (SSSR count). The highest BCUT2D eigenvalue weighted by atomic mass is 16.5. The average Bonchev–Trinajstić information content (AvgIpc) is 2.55. The minimum Gasteiger partial charge on any atom is -0.506 e. The van der Waals surface area contributed by atoms with Gasteiger partial charge in [-0.15, -0.1) is 0 Å². The number of rotatable bonds is 7. The second-order valence-electron chi connectivity index (χ2n) is 5.60. The van der Waals surface area contributed by atoms with Crippen LogP contribution in [0.3, 0.4) is 0 Å². The summed E-state index contributed by atoms with van der Waals surface area (Å²) >= 11 is 0. The molecule has 0 saturated carbocycles. The molecule has 24 heavy (non-hydrogen) atoms. The van der Waals surface area contributed by atoms with Crippen molar-refractivity contribution in [3.05, 3.63) is 53.6 Å².